The average Bonchev–Trinajstić information content (AvgIpc) is 3.25. The van der Waals surface area contributed by atoms with Crippen molar-refractivity contribution in [2.45, 2.75) is 13.3 Å². The quantitative estimate of drug-likeness (QED) is 0.257. The number of non-ortho nitro benzene ring substituents is 1. The molecular weight excluding hydrogens is 448 g/mol. The second kappa shape index (κ2) is 10.9. The summed E-state index contributed by atoms with van der Waals surface area (Å²) in [4.78, 5) is 41.6. The van der Waals surface area contributed by atoms with Crippen molar-refractivity contribution in [1.29, 1.82) is 0 Å². The van der Waals surface area contributed by atoms with Crippen molar-refractivity contribution < 1.29 is 19.2 Å². The van der Waals surface area contributed by atoms with Crippen LogP contribution in [0.2, 0.25) is 0 Å². The zero-order valence-electron chi connectivity index (χ0n) is 18.5. The lowest BCUT2D eigenvalue weighted by Gasteiger charge is -2.17. The second-order valence-electron chi connectivity index (χ2n) is 7.21. The SMILES string of the molecule is COCCCN1C(=O)C(=Cc2cn(C)nc2C)N=C1SCC(=O)Nc1ccc([N+](=O)[O-])cc1. The summed E-state index contributed by atoms with van der Waals surface area (Å²) in [6.07, 6.45) is 4.12. The Morgan fingerprint density at radius 1 is 1.33 bits per heavy atom. The first-order valence-electron chi connectivity index (χ1n) is 10.1. The lowest BCUT2D eigenvalue weighted by molar-refractivity contribution is -0.384. The molecule has 2 heterocycles. The van der Waals surface area contributed by atoms with E-state index in [-0.39, 0.29) is 29.0 Å². The van der Waals surface area contributed by atoms with Gasteiger partial charge < -0.3 is 10.1 Å². The van der Waals surface area contributed by atoms with Crippen LogP contribution >= 0.6 is 11.8 Å². The highest BCUT2D eigenvalue weighted by atomic mass is 32.2. The molecule has 12 heteroatoms. The summed E-state index contributed by atoms with van der Waals surface area (Å²) in [5.41, 5.74) is 2.24. The van der Waals surface area contributed by atoms with E-state index in [1.165, 1.54) is 24.3 Å². The number of nitrogens with zero attached hydrogens (tertiary/aromatic N) is 5. The number of carbonyl (C=O) groups excluding carboxylic acids is 2. The predicted molar refractivity (Wildman–Crippen MR) is 126 cm³/mol. The van der Waals surface area contributed by atoms with Crippen LogP contribution in [-0.2, 0) is 21.4 Å². The summed E-state index contributed by atoms with van der Waals surface area (Å²) in [6.45, 7) is 2.75. The Labute approximate surface area is 194 Å². The number of nitro benzene ring substituents is 1. The van der Waals surface area contributed by atoms with Crippen molar-refractivity contribution in [3.05, 3.63) is 57.5 Å². The van der Waals surface area contributed by atoms with Crippen molar-refractivity contribution in [3.8, 4) is 0 Å². The molecule has 3 rings (SSSR count). The minimum Gasteiger partial charge on any atom is -0.385 e. The van der Waals surface area contributed by atoms with Gasteiger partial charge in [0.1, 0.15) is 5.70 Å². The van der Waals surface area contributed by atoms with Crippen LogP contribution in [0.15, 0.2) is 41.2 Å². The van der Waals surface area contributed by atoms with Crippen LogP contribution in [0.4, 0.5) is 11.4 Å². The lowest BCUT2D eigenvalue weighted by Crippen LogP contribution is -2.32. The van der Waals surface area contributed by atoms with E-state index in [4.69, 9.17) is 4.74 Å². The van der Waals surface area contributed by atoms with Crippen LogP contribution in [0.25, 0.3) is 6.08 Å². The maximum Gasteiger partial charge on any atom is 0.278 e. The van der Waals surface area contributed by atoms with Crippen molar-refractivity contribution in [3.63, 3.8) is 0 Å². The first-order valence-corrected chi connectivity index (χ1v) is 11.1. The van der Waals surface area contributed by atoms with E-state index in [2.05, 4.69) is 15.4 Å². The summed E-state index contributed by atoms with van der Waals surface area (Å²) in [6, 6.07) is 5.56. The molecule has 2 aromatic rings. The van der Waals surface area contributed by atoms with Gasteiger partial charge in [-0.25, -0.2) is 4.99 Å². The Balaban J connectivity index is 1.70. The minimum absolute atomic E-state index is 0.0169. The molecule has 0 radical (unpaired) electrons. The van der Waals surface area contributed by atoms with Gasteiger partial charge in [-0.1, -0.05) is 11.8 Å². The Hall–Kier alpha value is -3.51. The first kappa shape index (κ1) is 24.1. The number of aliphatic imine (C=N–C) groups is 1. The molecular formula is C21H24N6O5S. The first-order chi connectivity index (χ1) is 15.8. The molecule has 174 valence electrons. The van der Waals surface area contributed by atoms with Gasteiger partial charge in [-0.15, -0.1) is 0 Å². The molecule has 1 aromatic carbocycles. The van der Waals surface area contributed by atoms with E-state index in [9.17, 15) is 19.7 Å². The van der Waals surface area contributed by atoms with Gasteiger partial charge in [0.15, 0.2) is 5.17 Å². The summed E-state index contributed by atoms with van der Waals surface area (Å²) in [7, 11) is 3.39. The van der Waals surface area contributed by atoms with Crippen LogP contribution in [0.1, 0.15) is 17.7 Å². The molecule has 0 aliphatic carbocycles. The lowest BCUT2D eigenvalue weighted by atomic mass is 10.2. The fourth-order valence-electron chi connectivity index (χ4n) is 3.11. The molecule has 1 N–H and O–H groups in total. The molecule has 0 saturated heterocycles. The molecule has 1 aromatic heterocycles. The molecule has 11 nitrogen and oxygen atoms in total. The number of rotatable bonds is 9. The number of nitro groups is 1. The Morgan fingerprint density at radius 2 is 2.06 bits per heavy atom. The van der Waals surface area contributed by atoms with E-state index in [1.807, 2.05) is 13.1 Å². The fraction of sp³-hybridized carbons (Fsp3) is 0.333. The van der Waals surface area contributed by atoms with E-state index in [1.54, 1.807) is 29.8 Å². The third-order valence-corrected chi connectivity index (χ3v) is 5.66. The zero-order chi connectivity index (χ0) is 24.0. The third kappa shape index (κ3) is 6.26. The number of anilines is 1. The van der Waals surface area contributed by atoms with Gasteiger partial charge in [0.05, 0.1) is 16.4 Å². The molecule has 0 spiro atoms. The van der Waals surface area contributed by atoms with E-state index in [0.717, 1.165) is 23.0 Å². The van der Waals surface area contributed by atoms with Crippen LogP contribution in [-0.4, -0.2) is 62.6 Å². The molecule has 33 heavy (non-hydrogen) atoms. The summed E-state index contributed by atoms with van der Waals surface area (Å²) in [5, 5.41) is 18.1. The Morgan fingerprint density at radius 3 is 2.67 bits per heavy atom. The zero-order valence-corrected chi connectivity index (χ0v) is 19.3. The topological polar surface area (TPSA) is 132 Å². The van der Waals surface area contributed by atoms with E-state index >= 15 is 0 Å². The number of hydrogen-bond donors (Lipinski definition) is 1. The number of ether oxygens (including phenoxy) is 1. The number of amidine groups is 1. The van der Waals surface area contributed by atoms with Crippen molar-refractivity contribution in [2.24, 2.45) is 12.0 Å². The summed E-state index contributed by atoms with van der Waals surface area (Å²) < 4.78 is 6.75. The number of benzene rings is 1. The summed E-state index contributed by atoms with van der Waals surface area (Å²) in [5.74, 6) is -0.544. The van der Waals surface area contributed by atoms with Crippen LogP contribution in [0.3, 0.4) is 0 Å². The molecule has 0 atom stereocenters. The number of thioether (sulfide) groups is 1. The molecule has 2 amide bonds. The second-order valence-corrected chi connectivity index (χ2v) is 8.15. The Kier molecular flexibility index (Phi) is 7.96. The molecule has 0 unspecified atom stereocenters. The standard InChI is InChI=1S/C21H24N6O5S/c1-14-15(12-25(2)24-14)11-18-20(29)26(9-4-10-32-3)21(23-18)33-13-19(28)22-16-5-7-17(8-6-16)27(30)31/h5-8,11-12H,4,9-10,13H2,1-3H3,(H,22,28). The number of nitrogens with one attached hydrogen (secondary N) is 1. The fourth-order valence-corrected chi connectivity index (χ4v) is 3.93. The van der Waals surface area contributed by atoms with Crippen molar-refractivity contribution >= 4 is 46.2 Å². The van der Waals surface area contributed by atoms with Crippen LogP contribution in [0, 0.1) is 17.0 Å². The maximum absolute atomic E-state index is 13.0. The maximum atomic E-state index is 13.0. The summed E-state index contributed by atoms with van der Waals surface area (Å²) >= 11 is 1.15. The van der Waals surface area contributed by atoms with E-state index in [0.29, 0.717) is 30.4 Å². The number of methoxy groups -OCH3 is 1. The third-order valence-electron chi connectivity index (χ3n) is 4.68. The monoisotopic (exact) mass is 472 g/mol. The highest BCUT2D eigenvalue weighted by Gasteiger charge is 2.30. The average molecular weight is 473 g/mol. The van der Waals surface area contributed by atoms with Crippen molar-refractivity contribution in [2.75, 3.05) is 31.3 Å². The van der Waals surface area contributed by atoms with Gasteiger partial charge in [0, 0.05) is 56.9 Å². The van der Waals surface area contributed by atoms with Crippen LogP contribution < -0.4 is 5.32 Å². The van der Waals surface area contributed by atoms with Crippen molar-refractivity contribution in [1.82, 2.24) is 14.7 Å². The molecule has 1 aliphatic rings. The minimum atomic E-state index is -0.507. The smallest absolute Gasteiger partial charge is 0.278 e. The van der Waals surface area contributed by atoms with Gasteiger partial charge in [-0.3, -0.25) is 29.3 Å². The highest BCUT2D eigenvalue weighted by molar-refractivity contribution is 8.14. The van der Waals surface area contributed by atoms with E-state index < -0.39 is 4.92 Å². The molecule has 0 fully saturated rings. The predicted octanol–water partition coefficient (Wildman–Crippen LogP) is 2.58. The number of aryl methyl sites for hydroxylation is 2. The molecule has 1 aliphatic heterocycles. The molecule has 0 saturated carbocycles. The number of carbonyl (C=O) groups is 2. The molecule has 0 bridgehead atoms. The van der Waals surface area contributed by atoms with Crippen LogP contribution in [0.5, 0.6) is 0 Å². The van der Waals surface area contributed by atoms with Gasteiger partial charge in [-0.05, 0) is 31.6 Å². The number of amides is 2. The van der Waals surface area contributed by atoms with Gasteiger partial charge in [0.2, 0.25) is 5.91 Å². The van der Waals surface area contributed by atoms with Gasteiger partial charge >= 0.3 is 0 Å². The number of aromatic nitrogens is 2. The normalized spacial score (nSPS) is 14.6. The van der Waals surface area contributed by atoms with Gasteiger partial charge in [0.25, 0.3) is 11.6 Å². The Bertz CT molecular complexity index is 1110. The largest absolute Gasteiger partial charge is 0.385 e. The highest BCUT2D eigenvalue weighted by Crippen LogP contribution is 2.25. The number of hydrogen-bond acceptors (Lipinski definition) is 8. The van der Waals surface area contributed by atoms with Gasteiger partial charge in [-0.2, -0.15) is 5.10 Å².